The number of hydrogen-bond acceptors (Lipinski definition) is 3. The van der Waals surface area contributed by atoms with Crippen molar-refractivity contribution in [2.24, 2.45) is 0 Å². The van der Waals surface area contributed by atoms with Crippen LogP contribution in [0.2, 0.25) is 5.02 Å². The lowest BCUT2D eigenvalue weighted by Crippen LogP contribution is -2.25. The van der Waals surface area contributed by atoms with Crippen molar-refractivity contribution in [3.05, 3.63) is 76.5 Å². The van der Waals surface area contributed by atoms with E-state index >= 15 is 0 Å². The predicted octanol–water partition coefficient (Wildman–Crippen LogP) is 4.91. The molecule has 25 heavy (non-hydrogen) atoms. The third-order valence-corrected chi connectivity index (χ3v) is 5.01. The number of rotatable bonds is 3. The maximum atomic E-state index is 9.67. The first-order valence-electron chi connectivity index (χ1n) is 8.55. The minimum atomic E-state index is 0.353. The van der Waals surface area contributed by atoms with Crippen LogP contribution in [-0.4, -0.2) is 23.1 Å². The molecule has 3 aromatic rings. The summed E-state index contributed by atoms with van der Waals surface area (Å²) in [6.45, 7) is 2.76. The largest absolute Gasteiger partial charge is 0.508 e. The lowest BCUT2D eigenvalue weighted by atomic mass is 10.0. The van der Waals surface area contributed by atoms with Crippen LogP contribution in [0.3, 0.4) is 0 Å². The van der Waals surface area contributed by atoms with Gasteiger partial charge in [-0.2, -0.15) is 0 Å². The number of aromatic hydroxyl groups is 1. The molecule has 0 unspecified atom stereocenters. The van der Waals surface area contributed by atoms with E-state index in [4.69, 9.17) is 16.0 Å². The Kier molecular flexibility index (Phi) is 4.51. The maximum absolute atomic E-state index is 9.67. The fraction of sp³-hybridized carbons (Fsp3) is 0.238. The van der Waals surface area contributed by atoms with Gasteiger partial charge in [0.05, 0.1) is 6.54 Å². The van der Waals surface area contributed by atoms with Crippen LogP contribution in [0.5, 0.6) is 5.75 Å². The Bertz CT molecular complexity index is 870. The highest BCUT2D eigenvalue weighted by atomic mass is 35.5. The monoisotopic (exact) mass is 353 g/mol. The number of furan rings is 1. The quantitative estimate of drug-likeness (QED) is 0.727. The van der Waals surface area contributed by atoms with Crippen molar-refractivity contribution >= 4 is 11.6 Å². The smallest absolute Gasteiger partial charge is 0.134 e. The van der Waals surface area contributed by atoms with Gasteiger partial charge >= 0.3 is 0 Å². The number of halogens is 1. The van der Waals surface area contributed by atoms with E-state index in [0.29, 0.717) is 5.75 Å². The molecule has 0 spiro atoms. The van der Waals surface area contributed by atoms with E-state index in [2.05, 4.69) is 4.90 Å². The first-order valence-corrected chi connectivity index (χ1v) is 8.93. The number of benzene rings is 2. The van der Waals surface area contributed by atoms with Crippen LogP contribution in [0.1, 0.15) is 16.9 Å². The number of phenols is 1. The highest BCUT2D eigenvalue weighted by Crippen LogP contribution is 2.26. The second-order valence-corrected chi connectivity index (χ2v) is 6.94. The van der Waals surface area contributed by atoms with Crippen molar-refractivity contribution in [1.29, 1.82) is 0 Å². The third-order valence-electron chi connectivity index (χ3n) is 4.75. The van der Waals surface area contributed by atoms with Crippen molar-refractivity contribution in [2.75, 3.05) is 13.1 Å². The summed E-state index contributed by atoms with van der Waals surface area (Å²) in [5, 5.41) is 10.4. The van der Waals surface area contributed by atoms with Gasteiger partial charge in [0.15, 0.2) is 0 Å². The first kappa shape index (κ1) is 16.2. The summed E-state index contributed by atoms with van der Waals surface area (Å²) in [7, 11) is 0. The summed E-state index contributed by atoms with van der Waals surface area (Å²) in [6, 6.07) is 17.5. The maximum Gasteiger partial charge on any atom is 0.134 e. The molecule has 0 saturated heterocycles. The van der Waals surface area contributed by atoms with Crippen molar-refractivity contribution in [2.45, 2.75) is 19.4 Å². The summed E-state index contributed by atoms with van der Waals surface area (Å²) in [5.74, 6) is 2.19. The van der Waals surface area contributed by atoms with Crippen LogP contribution >= 0.6 is 11.6 Å². The Morgan fingerprint density at radius 3 is 2.48 bits per heavy atom. The van der Waals surface area contributed by atoms with Crippen LogP contribution in [0, 0.1) is 0 Å². The second kappa shape index (κ2) is 6.95. The Balaban J connectivity index is 1.44. The molecule has 0 atom stereocenters. The van der Waals surface area contributed by atoms with Crippen LogP contribution in [0.25, 0.3) is 11.3 Å². The lowest BCUT2D eigenvalue weighted by molar-refractivity contribution is 0.256. The molecule has 1 aromatic heterocycles. The molecule has 0 fully saturated rings. The van der Waals surface area contributed by atoms with E-state index in [1.54, 1.807) is 6.07 Å². The van der Waals surface area contributed by atoms with Gasteiger partial charge in [-0.3, -0.25) is 4.90 Å². The number of phenolic OH excluding ortho intramolecular Hbond substituents is 1. The molecule has 1 aliphatic heterocycles. The number of fused-ring (bicyclic) bond motifs is 1. The fourth-order valence-corrected chi connectivity index (χ4v) is 3.49. The molecule has 3 nitrogen and oxygen atoms in total. The van der Waals surface area contributed by atoms with E-state index in [1.165, 1.54) is 11.1 Å². The van der Waals surface area contributed by atoms with Crippen molar-refractivity contribution < 1.29 is 9.52 Å². The number of nitrogens with zero attached hydrogens (tertiary/aromatic N) is 1. The van der Waals surface area contributed by atoms with E-state index in [1.807, 2.05) is 48.5 Å². The summed E-state index contributed by atoms with van der Waals surface area (Å²) in [4.78, 5) is 2.40. The Morgan fingerprint density at radius 1 is 0.920 bits per heavy atom. The second-order valence-electron chi connectivity index (χ2n) is 6.50. The summed E-state index contributed by atoms with van der Waals surface area (Å²) in [5.41, 5.74) is 3.62. The van der Waals surface area contributed by atoms with E-state index < -0.39 is 0 Å². The molecule has 1 N–H and O–H groups in total. The predicted molar refractivity (Wildman–Crippen MR) is 99.9 cm³/mol. The lowest BCUT2D eigenvalue weighted by Gasteiger charge is -2.18. The normalized spacial score (nSPS) is 14.9. The minimum Gasteiger partial charge on any atom is -0.508 e. The molecule has 0 aliphatic carbocycles. The van der Waals surface area contributed by atoms with Crippen molar-refractivity contribution in [3.8, 4) is 17.1 Å². The molecule has 0 radical (unpaired) electrons. The van der Waals surface area contributed by atoms with E-state index in [0.717, 1.165) is 54.6 Å². The van der Waals surface area contributed by atoms with Crippen LogP contribution in [-0.2, 0) is 19.4 Å². The zero-order valence-electron chi connectivity index (χ0n) is 13.9. The summed E-state index contributed by atoms with van der Waals surface area (Å²) in [6.07, 6.45) is 1.95. The minimum absolute atomic E-state index is 0.353. The first-order chi connectivity index (χ1) is 12.2. The Morgan fingerprint density at radius 2 is 1.68 bits per heavy atom. The van der Waals surface area contributed by atoms with Gasteiger partial charge in [0.25, 0.3) is 0 Å². The highest BCUT2D eigenvalue weighted by molar-refractivity contribution is 6.30. The summed E-state index contributed by atoms with van der Waals surface area (Å²) < 4.78 is 6.02. The van der Waals surface area contributed by atoms with Crippen LogP contribution in [0.15, 0.2) is 59.0 Å². The Hall–Kier alpha value is -2.23. The molecule has 2 aromatic carbocycles. The van der Waals surface area contributed by atoms with Gasteiger partial charge in [0.1, 0.15) is 17.3 Å². The van der Waals surface area contributed by atoms with E-state index in [9.17, 15) is 5.11 Å². The fourth-order valence-electron chi connectivity index (χ4n) is 3.37. The van der Waals surface area contributed by atoms with Crippen molar-refractivity contribution in [1.82, 2.24) is 4.90 Å². The molecule has 128 valence electrons. The average Bonchev–Trinajstić information content (AvgIpc) is 2.98. The molecule has 0 saturated carbocycles. The molecule has 1 aliphatic rings. The molecule has 4 rings (SSSR count). The molecule has 2 heterocycles. The molecule has 0 bridgehead atoms. The average molecular weight is 354 g/mol. The van der Waals surface area contributed by atoms with Gasteiger partial charge in [0.2, 0.25) is 0 Å². The van der Waals surface area contributed by atoms with Gasteiger partial charge in [-0.15, -0.1) is 0 Å². The summed E-state index contributed by atoms with van der Waals surface area (Å²) >= 11 is 5.94. The van der Waals surface area contributed by atoms with Crippen molar-refractivity contribution in [3.63, 3.8) is 0 Å². The zero-order valence-corrected chi connectivity index (χ0v) is 14.7. The van der Waals surface area contributed by atoms with Gasteiger partial charge in [-0.1, -0.05) is 17.7 Å². The molecular formula is C21H20ClNO2. The van der Waals surface area contributed by atoms with E-state index in [-0.39, 0.29) is 0 Å². The SMILES string of the molecule is Oc1ccc2c(c1)CCN(Cc1ccc(-c3ccc(Cl)cc3)o1)CC2. The standard InChI is InChI=1S/C21H20ClNO2/c22-18-4-1-16(2-5-18)21-8-7-20(25-21)14-23-11-9-15-3-6-19(24)13-17(15)10-12-23/h1-8,13,24H,9-12,14H2. The van der Waals surface area contributed by atoms with Crippen LogP contribution < -0.4 is 0 Å². The zero-order chi connectivity index (χ0) is 17.2. The topological polar surface area (TPSA) is 36.6 Å². The van der Waals surface area contributed by atoms with Gasteiger partial charge in [-0.25, -0.2) is 0 Å². The molecule has 4 heteroatoms. The third kappa shape index (κ3) is 3.73. The number of hydrogen-bond donors (Lipinski definition) is 1. The van der Waals surface area contributed by atoms with Crippen LogP contribution in [0.4, 0.5) is 0 Å². The Labute approximate surface area is 152 Å². The highest BCUT2D eigenvalue weighted by Gasteiger charge is 2.16. The molecular weight excluding hydrogens is 334 g/mol. The molecule has 0 amide bonds. The van der Waals surface area contributed by atoms with Gasteiger partial charge in [-0.05, 0) is 72.5 Å². The van der Waals surface area contributed by atoms with Gasteiger partial charge < -0.3 is 9.52 Å². The van der Waals surface area contributed by atoms with Gasteiger partial charge in [0, 0.05) is 23.7 Å².